The molecular weight excluding hydrogens is 200 g/mol. The quantitative estimate of drug-likeness (QED) is 0.768. The third-order valence-corrected chi connectivity index (χ3v) is 2.58. The Balaban J connectivity index is 2.36. The fourth-order valence-electron chi connectivity index (χ4n) is 1.49. The first-order chi connectivity index (χ1) is 7.70. The van der Waals surface area contributed by atoms with Gasteiger partial charge in [0, 0.05) is 5.56 Å². The molecule has 3 nitrogen and oxygen atoms in total. The summed E-state index contributed by atoms with van der Waals surface area (Å²) in [5, 5.41) is 8.53. The largest absolute Gasteiger partial charge is 0.440 e. The number of aromatic nitrogens is 1. The lowest BCUT2D eigenvalue weighted by Gasteiger charge is -2.01. The minimum absolute atomic E-state index is 0.213. The molecule has 0 radical (unpaired) electrons. The van der Waals surface area contributed by atoms with Gasteiger partial charge in [-0.25, -0.2) is 4.98 Å². The van der Waals surface area contributed by atoms with Crippen LogP contribution in [0, 0.1) is 25.2 Å². The van der Waals surface area contributed by atoms with Gasteiger partial charge >= 0.3 is 0 Å². The maximum atomic E-state index is 8.53. The molecule has 0 saturated heterocycles. The van der Waals surface area contributed by atoms with Gasteiger partial charge in [-0.1, -0.05) is 12.1 Å². The van der Waals surface area contributed by atoms with E-state index >= 15 is 0 Å². The fraction of sp³-hybridized carbons (Fsp3) is 0.231. The van der Waals surface area contributed by atoms with E-state index in [4.69, 9.17) is 9.68 Å². The molecule has 0 bridgehead atoms. The van der Waals surface area contributed by atoms with Crippen LogP contribution in [0.4, 0.5) is 0 Å². The fourth-order valence-corrected chi connectivity index (χ4v) is 1.49. The van der Waals surface area contributed by atoms with Crippen molar-refractivity contribution in [2.75, 3.05) is 0 Å². The number of nitriles is 1. The monoisotopic (exact) mass is 212 g/mol. The van der Waals surface area contributed by atoms with E-state index in [-0.39, 0.29) is 6.42 Å². The van der Waals surface area contributed by atoms with Crippen molar-refractivity contribution in [2.45, 2.75) is 20.3 Å². The highest BCUT2D eigenvalue weighted by Gasteiger charge is 2.06. The summed E-state index contributed by atoms with van der Waals surface area (Å²) in [5.74, 6) is 1.18. The number of hydrogen-bond acceptors (Lipinski definition) is 3. The van der Waals surface area contributed by atoms with Crippen molar-refractivity contribution < 1.29 is 4.42 Å². The van der Waals surface area contributed by atoms with Gasteiger partial charge in [0.05, 0.1) is 12.3 Å². The molecule has 0 aliphatic heterocycles. The molecule has 16 heavy (non-hydrogen) atoms. The van der Waals surface area contributed by atoms with Crippen molar-refractivity contribution in [1.29, 1.82) is 5.26 Å². The highest BCUT2D eigenvalue weighted by Crippen LogP contribution is 2.22. The zero-order valence-corrected chi connectivity index (χ0v) is 9.32. The Morgan fingerprint density at radius 1 is 1.31 bits per heavy atom. The van der Waals surface area contributed by atoms with Crippen LogP contribution in [0.3, 0.4) is 0 Å². The SMILES string of the molecule is Cc1ccc(-c2cnc(CC#N)o2)cc1C. The summed E-state index contributed by atoms with van der Waals surface area (Å²) in [7, 11) is 0. The normalized spacial score (nSPS) is 10.1. The molecule has 0 atom stereocenters. The molecule has 80 valence electrons. The van der Waals surface area contributed by atoms with E-state index in [0.717, 1.165) is 5.56 Å². The smallest absolute Gasteiger partial charge is 0.209 e. The summed E-state index contributed by atoms with van der Waals surface area (Å²) in [6.45, 7) is 4.13. The molecule has 1 aromatic heterocycles. The van der Waals surface area contributed by atoms with Gasteiger partial charge in [0.1, 0.15) is 6.42 Å². The molecule has 1 aromatic carbocycles. The van der Waals surface area contributed by atoms with Crippen LogP contribution in [0.2, 0.25) is 0 Å². The van der Waals surface area contributed by atoms with E-state index < -0.39 is 0 Å². The van der Waals surface area contributed by atoms with E-state index in [0.29, 0.717) is 11.7 Å². The van der Waals surface area contributed by atoms with Crippen LogP contribution in [-0.4, -0.2) is 4.98 Å². The van der Waals surface area contributed by atoms with Crippen LogP contribution in [0.15, 0.2) is 28.8 Å². The van der Waals surface area contributed by atoms with Gasteiger partial charge in [-0.3, -0.25) is 0 Å². The van der Waals surface area contributed by atoms with Crippen LogP contribution in [0.25, 0.3) is 11.3 Å². The third-order valence-electron chi connectivity index (χ3n) is 2.58. The van der Waals surface area contributed by atoms with Crippen molar-refractivity contribution in [1.82, 2.24) is 4.98 Å². The molecule has 0 amide bonds. The number of nitrogens with zero attached hydrogens (tertiary/aromatic N) is 2. The van der Waals surface area contributed by atoms with Crippen LogP contribution in [-0.2, 0) is 6.42 Å². The molecule has 3 heteroatoms. The van der Waals surface area contributed by atoms with Crippen molar-refractivity contribution in [2.24, 2.45) is 0 Å². The lowest BCUT2D eigenvalue weighted by Crippen LogP contribution is -1.81. The Labute approximate surface area is 94.4 Å². The second-order valence-corrected chi connectivity index (χ2v) is 3.75. The highest BCUT2D eigenvalue weighted by molar-refractivity contribution is 5.58. The number of benzene rings is 1. The maximum Gasteiger partial charge on any atom is 0.209 e. The molecule has 0 aliphatic rings. The highest BCUT2D eigenvalue weighted by atomic mass is 16.4. The Kier molecular flexibility index (Phi) is 2.74. The zero-order valence-electron chi connectivity index (χ0n) is 9.32. The lowest BCUT2D eigenvalue weighted by molar-refractivity contribution is 0.523. The van der Waals surface area contributed by atoms with Gasteiger partial charge in [-0.15, -0.1) is 0 Å². The average molecular weight is 212 g/mol. The Morgan fingerprint density at radius 3 is 2.81 bits per heavy atom. The summed E-state index contributed by atoms with van der Waals surface area (Å²) in [6, 6.07) is 8.13. The summed E-state index contributed by atoms with van der Waals surface area (Å²) in [5.41, 5.74) is 3.47. The first-order valence-corrected chi connectivity index (χ1v) is 5.10. The van der Waals surface area contributed by atoms with E-state index in [1.165, 1.54) is 11.1 Å². The number of aryl methyl sites for hydroxylation is 2. The average Bonchev–Trinajstić information content (AvgIpc) is 2.71. The van der Waals surface area contributed by atoms with Gasteiger partial charge in [-0.05, 0) is 31.0 Å². The second-order valence-electron chi connectivity index (χ2n) is 3.75. The number of oxazole rings is 1. The summed E-state index contributed by atoms with van der Waals surface area (Å²) >= 11 is 0. The predicted octanol–water partition coefficient (Wildman–Crippen LogP) is 3.02. The molecule has 0 saturated carbocycles. The minimum atomic E-state index is 0.213. The topological polar surface area (TPSA) is 49.8 Å². The van der Waals surface area contributed by atoms with Crippen LogP contribution in [0.1, 0.15) is 17.0 Å². The van der Waals surface area contributed by atoms with Crippen molar-refractivity contribution >= 4 is 0 Å². The van der Waals surface area contributed by atoms with Crippen molar-refractivity contribution in [3.63, 3.8) is 0 Å². The molecule has 0 spiro atoms. The first-order valence-electron chi connectivity index (χ1n) is 5.10. The molecule has 2 rings (SSSR count). The predicted molar refractivity (Wildman–Crippen MR) is 60.7 cm³/mol. The third kappa shape index (κ3) is 1.96. The zero-order chi connectivity index (χ0) is 11.5. The Hall–Kier alpha value is -2.08. The van der Waals surface area contributed by atoms with Crippen LogP contribution < -0.4 is 0 Å². The Bertz CT molecular complexity index is 549. The second kappa shape index (κ2) is 4.19. The minimum Gasteiger partial charge on any atom is -0.440 e. The van der Waals surface area contributed by atoms with E-state index in [2.05, 4.69) is 31.0 Å². The maximum absolute atomic E-state index is 8.53. The molecule has 1 heterocycles. The molecule has 2 aromatic rings. The Morgan fingerprint density at radius 2 is 2.12 bits per heavy atom. The van der Waals surface area contributed by atoms with Crippen LogP contribution in [0.5, 0.6) is 0 Å². The standard InChI is InChI=1S/C13H12N2O/c1-9-3-4-11(7-10(9)2)12-8-15-13(16-12)5-6-14/h3-4,7-8H,5H2,1-2H3. The van der Waals surface area contributed by atoms with Crippen LogP contribution >= 0.6 is 0 Å². The molecule has 0 N–H and O–H groups in total. The van der Waals surface area contributed by atoms with Crippen molar-refractivity contribution in [3.05, 3.63) is 41.4 Å². The van der Waals surface area contributed by atoms with E-state index in [1.54, 1.807) is 6.20 Å². The number of rotatable bonds is 2. The van der Waals surface area contributed by atoms with E-state index in [9.17, 15) is 0 Å². The van der Waals surface area contributed by atoms with Crippen molar-refractivity contribution in [3.8, 4) is 17.4 Å². The van der Waals surface area contributed by atoms with Gasteiger partial charge in [0.2, 0.25) is 5.89 Å². The lowest BCUT2D eigenvalue weighted by atomic mass is 10.1. The molecular formula is C13H12N2O. The van der Waals surface area contributed by atoms with Gasteiger partial charge in [-0.2, -0.15) is 5.26 Å². The van der Waals surface area contributed by atoms with Gasteiger partial charge < -0.3 is 4.42 Å². The molecule has 0 aliphatic carbocycles. The summed E-state index contributed by atoms with van der Waals surface area (Å²) in [4.78, 5) is 4.05. The van der Waals surface area contributed by atoms with Gasteiger partial charge in [0.25, 0.3) is 0 Å². The van der Waals surface area contributed by atoms with Gasteiger partial charge in [0.15, 0.2) is 5.76 Å². The summed E-state index contributed by atoms with van der Waals surface area (Å²) < 4.78 is 5.47. The summed E-state index contributed by atoms with van der Waals surface area (Å²) in [6.07, 6.45) is 1.88. The molecule has 0 fully saturated rings. The number of hydrogen-bond donors (Lipinski definition) is 0. The first kappa shape index (κ1) is 10.4. The molecule has 0 unspecified atom stereocenters. The van der Waals surface area contributed by atoms with E-state index in [1.807, 2.05) is 12.1 Å².